The van der Waals surface area contributed by atoms with Gasteiger partial charge in [-0.25, -0.2) is 9.79 Å². The molecule has 1 aromatic carbocycles. The minimum absolute atomic E-state index is 0.102. The van der Waals surface area contributed by atoms with Gasteiger partial charge in [0.25, 0.3) is 0 Å². The van der Waals surface area contributed by atoms with Crippen LogP contribution in [0.5, 0.6) is 5.75 Å². The van der Waals surface area contributed by atoms with Crippen molar-refractivity contribution in [3.05, 3.63) is 29.2 Å². The molecule has 33 heavy (non-hydrogen) atoms. The minimum Gasteiger partial charge on any atom is -0.496 e. The molecule has 1 saturated carbocycles. The smallest absolute Gasteiger partial charge is 0.326 e. The Morgan fingerprint density at radius 3 is 2.67 bits per heavy atom. The second-order valence-corrected chi connectivity index (χ2v) is 8.98. The second-order valence-electron chi connectivity index (χ2n) is 8.98. The number of aromatic nitrogens is 2. The maximum atomic E-state index is 12.1. The van der Waals surface area contributed by atoms with Crippen molar-refractivity contribution in [3.63, 3.8) is 0 Å². The van der Waals surface area contributed by atoms with E-state index < -0.39 is 12.0 Å². The number of hydrogen-bond acceptors (Lipinski definition) is 7. The monoisotopic (exact) mass is 451 g/mol. The summed E-state index contributed by atoms with van der Waals surface area (Å²) in [7, 11) is 1.63. The van der Waals surface area contributed by atoms with E-state index in [2.05, 4.69) is 20.8 Å². The van der Waals surface area contributed by atoms with E-state index in [1.165, 1.54) is 0 Å². The topological polar surface area (TPSA) is 125 Å². The number of anilines is 1. The van der Waals surface area contributed by atoms with Gasteiger partial charge >= 0.3 is 5.97 Å². The molecular formula is C24H29N5O4. The molecule has 0 radical (unpaired) electrons. The van der Waals surface area contributed by atoms with Gasteiger partial charge < -0.3 is 30.0 Å². The molecule has 0 saturated heterocycles. The van der Waals surface area contributed by atoms with Crippen molar-refractivity contribution in [1.29, 1.82) is 0 Å². The lowest BCUT2D eigenvalue weighted by molar-refractivity contribution is -0.140. The fraction of sp³-hybridized carbons (Fsp3) is 0.458. The number of ether oxygens (including phenoxy) is 1. The third-order valence-corrected chi connectivity index (χ3v) is 6.76. The van der Waals surface area contributed by atoms with Crippen molar-refractivity contribution in [2.75, 3.05) is 12.4 Å². The van der Waals surface area contributed by atoms with Gasteiger partial charge in [0, 0.05) is 16.5 Å². The highest BCUT2D eigenvalue weighted by atomic mass is 16.5. The van der Waals surface area contributed by atoms with Crippen LogP contribution in [0.4, 0.5) is 5.82 Å². The molecule has 0 bridgehead atoms. The molecule has 3 aromatic rings. The predicted octanol–water partition coefficient (Wildman–Crippen LogP) is 4.20. The zero-order valence-electron chi connectivity index (χ0n) is 19.3. The van der Waals surface area contributed by atoms with Crippen LogP contribution in [0.15, 0.2) is 21.6 Å². The summed E-state index contributed by atoms with van der Waals surface area (Å²) in [4.78, 5) is 20.3. The first-order valence-corrected chi connectivity index (χ1v) is 11.4. The first-order chi connectivity index (χ1) is 15.9. The van der Waals surface area contributed by atoms with Crippen molar-refractivity contribution in [1.82, 2.24) is 15.5 Å². The van der Waals surface area contributed by atoms with E-state index in [1.54, 1.807) is 7.11 Å². The predicted molar refractivity (Wildman–Crippen MR) is 126 cm³/mol. The number of aliphatic imine (C=N–C) groups is 1. The van der Waals surface area contributed by atoms with Gasteiger partial charge in [0.05, 0.1) is 23.9 Å². The summed E-state index contributed by atoms with van der Waals surface area (Å²) in [5.74, 6) is 2.07. The third-order valence-electron chi connectivity index (χ3n) is 6.76. The molecule has 5 rings (SSSR count). The zero-order chi connectivity index (χ0) is 23.3. The van der Waals surface area contributed by atoms with E-state index >= 15 is 0 Å². The highest BCUT2D eigenvalue weighted by Gasteiger charge is 2.34. The number of nitrogens with zero attached hydrogens (tertiary/aromatic N) is 2. The van der Waals surface area contributed by atoms with Crippen LogP contribution >= 0.6 is 0 Å². The second kappa shape index (κ2) is 8.13. The average molecular weight is 452 g/mol. The summed E-state index contributed by atoms with van der Waals surface area (Å²) >= 11 is 0. The summed E-state index contributed by atoms with van der Waals surface area (Å²) in [6, 6.07) is 3.32. The SMILES string of the molecule is COc1cc2c3c([nH]c2cc1-c1c(C)noc1C)NC(C)N=C3N[C@H](C(=O)O)C1CCCC1. The lowest BCUT2D eigenvalue weighted by atomic mass is 9.97. The first kappa shape index (κ1) is 21.4. The van der Waals surface area contributed by atoms with Crippen LogP contribution in [-0.4, -0.2) is 46.4 Å². The Bertz CT molecular complexity index is 1230. The number of methoxy groups -OCH3 is 1. The van der Waals surface area contributed by atoms with Crippen molar-refractivity contribution >= 4 is 28.5 Å². The molecule has 2 aromatic heterocycles. The highest BCUT2D eigenvalue weighted by molar-refractivity contribution is 6.16. The van der Waals surface area contributed by atoms with E-state index in [-0.39, 0.29) is 12.1 Å². The quantitative estimate of drug-likeness (QED) is 0.458. The van der Waals surface area contributed by atoms with Gasteiger partial charge in [-0.1, -0.05) is 18.0 Å². The van der Waals surface area contributed by atoms with E-state index in [0.717, 1.165) is 70.5 Å². The number of fused-ring (bicyclic) bond motifs is 3. The molecule has 3 heterocycles. The highest BCUT2D eigenvalue weighted by Crippen LogP contribution is 2.41. The van der Waals surface area contributed by atoms with Crippen LogP contribution in [-0.2, 0) is 4.79 Å². The number of benzene rings is 1. The molecule has 0 amide bonds. The van der Waals surface area contributed by atoms with Gasteiger partial charge in [-0.3, -0.25) is 0 Å². The van der Waals surface area contributed by atoms with Crippen molar-refractivity contribution in [2.45, 2.75) is 58.7 Å². The standard InChI is InChI=1S/C24H29N5O4/c1-11-19(12(2)33-29-11)16-9-17-15(10-18(16)32-4)20-22(27-17)25-13(3)26-23(20)28-21(24(30)31)14-7-5-6-8-14/h9-10,13-14,21,25,27H,5-8H2,1-4H3,(H,26,28)(H,30,31)/t13?,21-/m0/s1. The molecular weight excluding hydrogens is 422 g/mol. The Morgan fingerprint density at radius 1 is 1.27 bits per heavy atom. The lowest BCUT2D eigenvalue weighted by Crippen LogP contribution is -2.47. The van der Waals surface area contributed by atoms with Crippen LogP contribution in [0, 0.1) is 19.8 Å². The zero-order valence-corrected chi connectivity index (χ0v) is 19.3. The van der Waals surface area contributed by atoms with Gasteiger partial charge in [-0.2, -0.15) is 0 Å². The van der Waals surface area contributed by atoms with Gasteiger partial charge in [-0.15, -0.1) is 0 Å². The molecule has 2 atom stereocenters. The Balaban J connectivity index is 1.62. The molecule has 9 heteroatoms. The molecule has 1 aliphatic carbocycles. The van der Waals surface area contributed by atoms with E-state index in [0.29, 0.717) is 11.6 Å². The number of nitrogens with one attached hydrogen (secondary N) is 3. The van der Waals surface area contributed by atoms with Crippen LogP contribution in [0.3, 0.4) is 0 Å². The van der Waals surface area contributed by atoms with Crippen LogP contribution in [0.1, 0.15) is 49.6 Å². The lowest BCUT2D eigenvalue weighted by Gasteiger charge is -2.26. The van der Waals surface area contributed by atoms with Crippen LogP contribution in [0.2, 0.25) is 0 Å². The molecule has 1 unspecified atom stereocenters. The van der Waals surface area contributed by atoms with Crippen LogP contribution in [0.25, 0.3) is 22.0 Å². The van der Waals surface area contributed by atoms with Gasteiger partial charge in [0.1, 0.15) is 35.4 Å². The number of H-pyrrole nitrogens is 1. The molecule has 2 aliphatic rings. The average Bonchev–Trinajstić information content (AvgIpc) is 3.49. The number of aryl methyl sites for hydroxylation is 2. The van der Waals surface area contributed by atoms with E-state index in [9.17, 15) is 9.90 Å². The molecule has 1 fully saturated rings. The number of amidine groups is 1. The number of carboxylic acids is 1. The molecule has 4 N–H and O–H groups in total. The molecule has 1 aliphatic heterocycles. The molecule has 9 nitrogen and oxygen atoms in total. The number of aromatic amines is 1. The van der Waals surface area contributed by atoms with E-state index in [1.807, 2.05) is 32.9 Å². The Morgan fingerprint density at radius 2 is 2.03 bits per heavy atom. The summed E-state index contributed by atoms with van der Waals surface area (Å²) < 4.78 is 11.1. The number of hydrogen-bond donors (Lipinski definition) is 4. The third kappa shape index (κ3) is 3.61. The van der Waals surface area contributed by atoms with Crippen LogP contribution < -0.4 is 15.4 Å². The van der Waals surface area contributed by atoms with Crippen molar-refractivity contribution in [2.24, 2.45) is 10.9 Å². The Labute approximate surface area is 191 Å². The molecule has 0 spiro atoms. The number of rotatable bonds is 5. The van der Waals surface area contributed by atoms with Gasteiger partial charge in [-0.05, 0) is 51.7 Å². The largest absolute Gasteiger partial charge is 0.496 e. The fourth-order valence-corrected chi connectivity index (χ4v) is 5.24. The Kier molecular flexibility index (Phi) is 5.26. The van der Waals surface area contributed by atoms with Gasteiger partial charge in [0.2, 0.25) is 0 Å². The normalized spacial score (nSPS) is 19.2. The summed E-state index contributed by atoms with van der Waals surface area (Å²) in [6.07, 6.45) is 3.78. The summed E-state index contributed by atoms with van der Waals surface area (Å²) in [6.45, 7) is 5.73. The number of carboxylic acid groups (broad SMARTS) is 1. The fourth-order valence-electron chi connectivity index (χ4n) is 5.24. The number of carbonyl (C=O) groups is 1. The van der Waals surface area contributed by atoms with Crippen molar-refractivity contribution in [3.8, 4) is 16.9 Å². The summed E-state index contributed by atoms with van der Waals surface area (Å²) in [5.41, 5.74) is 4.30. The first-order valence-electron chi connectivity index (χ1n) is 11.4. The maximum Gasteiger partial charge on any atom is 0.326 e. The molecule has 174 valence electrons. The Hall–Kier alpha value is -3.49. The maximum absolute atomic E-state index is 12.1. The number of aliphatic carboxylic acids is 1. The summed E-state index contributed by atoms with van der Waals surface area (Å²) in [5, 5.41) is 21.6. The van der Waals surface area contributed by atoms with Crippen molar-refractivity contribution < 1.29 is 19.2 Å². The van der Waals surface area contributed by atoms with E-state index in [4.69, 9.17) is 14.3 Å². The van der Waals surface area contributed by atoms with Gasteiger partial charge in [0.15, 0.2) is 0 Å². The minimum atomic E-state index is -0.838.